The van der Waals surface area contributed by atoms with Gasteiger partial charge in [-0.3, -0.25) is 10.2 Å². The van der Waals surface area contributed by atoms with Crippen molar-refractivity contribution >= 4 is 11.8 Å². The van der Waals surface area contributed by atoms with Gasteiger partial charge in [0.05, 0.1) is 5.56 Å². The molecule has 3 aromatic rings. The molecular weight excluding hydrogens is 425 g/mol. The maximum atomic E-state index is 12.9. The zero-order chi connectivity index (χ0) is 22.6. The van der Waals surface area contributed by atoms with Crippen molar-refractivity contribution < 1.29 is 27.2 Å². The summed E-state index contributed by atoms with van der Waals surface area (Å²) in [6.45, 7) is 3.13. The molecule has 0 unspecified atom stereocenters. The molecule has 0 saturated carbocycles. The lowest BCUT2D eigenvalue weighted by atomic mass is 10.2. The number of anilines is 1. The summed E-state index contributed by atoms with van der Waals surface area (Å²) in [6.07, 6.45) is -3.03. The standard InChI is InChI=1S/C22H21F3N4O3/c23-22(24,25)17-4-2-6-19(14-17)32-18-5-1-3-16(13-18)15-28-8-10-29(11-9-28)21(30)26-20-7-12-31-27-20/h1-7,12-14H,8-11,15H2,(H,26,27,30). The normalized spacial score (nSPS) is 14.9. The van der Waals surface area contributed by atoms with Gasteiger partial charge in [0.2, 0.25) is 0 Å². The van der Waals surface area contributed by atoms with Crippen LogP contribution in [0.3, 0.4) is 0 Å². The van der Waals surface area contributed by atoms with Crippen LogP contribution in [-0.2, 0) is 12.7 Å². The Bertz CT molecular complexity index is 1050. The lowest BCUT2D eigenvalue weighted by molar-refractivity contribution is -0.137. The largest absolute Gasteiger partial charge is 0.457 e. The summed E-state index contributed by atoms with van der Waals surface area (Å²) in [5.74, 6) is 0.964. The molecule has 2 amide bonds. The monoisotopic (exact) mass is 446 g/mol. The Labute approximate surface area is 182 Å². The second-order valence-corrected chi connectivity index (χ2v) is 7.35. The second kappa shape index (κ2) is 9.31. The molecule has 2 aromatic carbocycles. The number of nitrogens with one attached hydrogen (secondary N) is 1. The number of hydrogen-bond donors (Lipinski definition) is 1. The average Bonchev–Trinajstić information content (AvgIpc) is 3.27. The Hall–Kier alpha value is -3.53. The first-order valence-corrected chi connectivity index (χ1v) is 9.99. The molecule has 1 fully saturated rings. The maximum Gasteiger partial charge on any atom is 0.416 e. The Kier molecular flexibility index (Phi) is 6.31. The Morgan fingerprint density at radius 3 is 2.44 bits per heavy atom. The molecule has 10 heteroatoms. The van der Waals surface area contributed by atoms with E-state index in [0.717, 1.165) is 17.7 Å². The molecule has 0 radical (unpaired) electrons. The predicted octanol–water partition coefficient (Wildman–Crippen LogP) is 4.84. The summed E-state index contributed by atoms with van der Waals surface area (Å²) < 4.78 is 49.1. The van der Waals surface area contributed by atoms with Crippen molar-refractivity contribution in [1.82, 2.24) is 15.0 Å². The molecule has 4 rings (SSSR count). The number of ether oxygens (including phenoxy) is 1. The van der Waals surface area contributed by atoms with Crippen LogP contribution >= 0.6 is 0 Å². The zero-order valence-electron chi connectivity index (χ0n) is 17.0. The molecule has 2 heterocycles. The Balaban J connectivity index is 1.31. The number of piperazine rings is 1. The van der Waals surface area contributed by atoms with Crippen LogP contribution in [0.4, 0.5) is 23.8 Å². The lowest BCUT2D eigenvalue weighted by Crippen LogP contribution is -2.49. The molecule has 168 valence electrons. The number of benzene rings is 2. The van der Waals surface area contributed by atoms with Crippen molar-refractivity contribution in [2.75, 3.05) is 31.5 Å². The van der Waals surface area contributed by atoms with E-state index >= 15 is 0 Å². The average molecular weight is 446 g/mol. The van der Waals surface area contributed by atoms with Gasteiger partial charge in [-0.05, 0) is 35.9 Å². The number of rotatable bonds is 5. The molecular formula is C22H21F3N4O3. The van der Waals surface area contributed by atoms with Crippen LogP contribution in [0.2, 0.25) is 0 Å². The van der Waals surface area contributed by atoms with Crippen molar-refractivity contribution in [1.29, 1.82) is 0 Å². The summed E-state index contributed by atoms with van der Waals surface area (Å²) in [4.78, 5) is 16.2. The van der Waals surface area contributed by atoms with Crippen LogP contribution in [0.25, 0.3) is 0 Å². The third kappa shape index (κ3) is 5.58. The first kappa shape index (κ1) is 21.7. The number of hydrogen-bond acceptors (Lipinski definition) is 5. The summed E-state index contributed by atoms with van der Waals surface area (Å²) >= 11 is 0. The fraction of sp³-hybridized carbons (Fsp3) is 0.273. The number of aromatic nitrogens is 1. The highest BCUT2D eigenvalue weighted by molar-refractivity contribution is 5.88. The fourth-order valence-corrected chi connectivity index (χ4v) is 3.41. The molecule has 0 bridgehead atoms. The summed E-state index contributed by atoms with van der Waals surface area (Å²) in [7, 11) is 0. The fourth-order valence-electron chi connectivity index (χ4n) is 3.41. The van der Waals surface area contributed by atoms with Crippen LogP contribution < -0.4 is 10.1 Å². The van der Waals surface area contributed by atoms with Crippen LogP contribution in [0.1, 0.15) is 11.1 Å². The van der Waals surface area contributed by atoms with Crippen LogP contribution in [0.15, 0.2) is 65.4 Å². The van der Waals surface area contributed by atoms with Gasteiger partial charge in [0, 0.05) is 38.8 Å². The highest BCUT2D eigenvalue weighted by atomic mass is 19.4. The smallest absolute Gasteiger partial charge is 0.416 e. The number of nitrogens with zero attached hydrogens (tertiary/aromatic N) is 3. The highest BCUT2D eigenvalue weighted by Gasteiger charge is 2.30. The van der Waals surface area contributed by atoms with Gasteiger partial charge < -0.3 is 14.2 Å². The van der Waals surface area contributed by atoms with Crippen molar-refractivity contribution in [3.05, 3.63) is 72.0 Å². The van der Waals surface area contributed by atoms with Gasteiger partial charge in [-0.15, -0.1) is 0 Å². The van der Waals surface area contributed by atoms with Gasteiger partial charge in [-0.25, -0.2) is 4.79 Å². The topological polar surface area (TPSA) is 70.8 Å². The van der Waals surface area contributed by atoms with Crippen LogP contribution in [0.5, 0.6) is 11.5 Å². The first-order valence-electron chi connectivity index (χ1n) is 9.99. The summed E-state index contributed by atoms with van der Waals surface area (Å²) in [6, 6.07) is 13.4. The predicted molar refractivity (Wildman–Crippen MR) is 110 cm³/mol. The molecule has 0 aliphatic carbocycles. The number of halogens is 3. The molecule has 1 aliphatic heterocycles. The first-order chi connectivity index (χ1) is 15.4. The van der Waals surface area contributed by atoms with Gasteiger partial charge in [-0.1, -0.05) is 23.4 Å². The van der Waals surface area contributed by atoms with E-state index in [1.165, 1.54) is 18.4 Å². The minimum absolute atomic E-state index is 0.128. The molecule has 0 atom stereocenters. The van der Waals surface area contributed by atoms with Crippen molar-refractivity contribution in [3.63, 3.8) is 0 Å². The quantitative estimate of drug-likeness (QED) is 0.608. The van der Waals surface area contributed by atoms with Gasteiger partial charge in [0.15, 0.2) is 5.82 Å². The number of alkyl halides is 3. The summed E-state index contributed by atoms with van der Waals surface area (Å²) in [5, 5.41) is 6.34. The summed E-state index contributed by atoms with van der Waals surface area (Å²) in [5.41, 5.74) is 0.214. The van der Waals surface area contributed by atoms with E-state index < -0.39 is 11.7 Å². The van der Waals surface area contributed by atoms with E-state index in [0.29, 0.717) is 44.3 Å². The van der Waals surface area contributed by atoms with E-state index in [1.807, 2.05) is 12.1 Å². The zero-order valence-corrected chi connectivity index (χ0v) is 17.0. The minimum atomic E-state index is -4.42. The maximum absolute atomic E-state index is 12.9. The van der Waals surface area contributed by atoms with Gasteiger partial charge in [0.1, 0.15) is 17.8 Å². The molecule has 1 saturated heterocycles. The van der Waals surface area contributed by atoms with Gasteiger partial charge in [-0.2, -0.15) is 13.2 Å². The third-order valence-electron chi connectivity index (χ3n) is 5.03. The molecule has 1 N–H and O–H groups in total. The SMILES string of the molecule is O=C(Nc1ccon1)N1CCN(Cc2cccc(Oc3cccc(C(F)(F)F)c3)c2)CC1. The number of amides is 2. The molecule has 1 aromatic heterocycles. The lowest BCUT2D eigenvalue weighted by Gasteiger charge is -2.34. The van der Waals surface area contributed by atoms with E-state index in [9.17, 15) is 18.0 Å². The Morgan fingerprint density at radius 1 is 1.03 bits per heavy atom. The molecule has 0 spiro atoms. The molecule has 7 nitrogen and oxygen atoms in total. The molecule has 32 heavy (non-hydrogen) atoms. The van der Waals surface area contributed by atoms with Crippen molar-refractivity contribution in [3.8, 4) is 11.5 Å². The van der Waals surface area contributed by atoms with Crippen molar-refractivity contribution in [2.24, 2.45) is 0 Å². The second-order valence-electron chi connectivity index (χ2n) is 7.35. The number of carbonyl (C=O) groups excluding carboxylic acids is 1. The van der Waals surface area contributed by atoms with E-state index in [4.69, 9.17) is 9.26 Å². The van der Waals surface area contributed by atoms with Gasteiger partial charge >= 0.3 is 12.2 Å². The highest BCUT2D eigenvalue weighted by Crippen LogP contribution is 2.32. The molecule has 1 aliphatic rings. The van der Waals surface area contributed by atoms with Crippen LogP contribution in [0, 0.1) is 0 Å². The van der Waals surface area contributed by atoms with Gasteiger partial charge in [0.25, 0.3) is 0 Å². The van der Waals surface area contributed by atoms with Crippen molar-refractivity contribution in [2.45, 2.75) is 12.7 Å². The third-order valence-corrected chi connectivity index (χ3v) is 5.03. The minimum Gasteiger partial charge on any atom is -0.457 e. The Morgan fingerprint density at radius 2 is 1.75 bits per heavy atom. The van der Waals surface area contributed by atoms with Crippen LogP contribution in [-0.4, -0.2) is 47.2 Å². The van der Waals surface area contributed by atoms with E-state index in [2.05, 4.69) is 15.4 Å². The van der Waals surface area contributed by atoms with E-state index in [-0.39, 0.29) is 11.8 Å². The number of urea groups is 1. The van der Waals surface area contributed by atoms with E-state index in [1.54, 1.807) is 23.1 Å². The number of carbonyl (C=O) groups is 1.